The molecule has 0 unspecified atom stereocenters. The van der Waals surface area contributed by atoms with Crippen molar-refractivity contribution < 1.29 is 36.6 Å². The highest BCUT2D eigenvalue weighted by Crippen LogP contribution is 2.55. The van der Waals surface area contributed by atoms with Crippen LogP contribution in [0.1, 0.15) is 48.0 Å². The molecule has 0 bridgehead atoms. The molecule has 3 aromatic rings. The van der Waals surface area contributed by atoms with Crippen LogP contribution in [0.3, 0.4) is 0 Å². The number of alkyl halides is 3. The number of carbonyl (C=O) groups is 1. The fraction of sp³-hybridized carbons (Fsp3) is 0.348. The molecule has 9 heteroatoms. The van der Waals surface area contributed by atoms with Gasteiger partial charge in [-0.05, 0) is 35.6 Å². The van der Waals surface area contributed by atoms with Crippen molar-refractivity contribution in [3.8, 4) is 5.75 Å². The SMILES string of the molecule is COc1c(F)ccc2c1C(C)(C)C[C@](O)(C(F)(F)F)[C@H]2NC(=O)c1cc2ccccc2o1. The van der Waals surface area contributed by atoms with Gasteiger partial charge in [-0.3, -0.25) is 4.79 Å². The summed E-state index contributed by atoms with van der Waals surface area (Å²) in [7, 11) is 1.21. The molecule has 4 rings (SSSR count). The number of carbonyl (C=O) groups excluding carboxylic acids is 1. The molecular weight excluding hydrogens is 430 g/mol. The molecule has 0 saturated heterocycles. The van der Waals surface area contributed by atoms with E-state index in [1.165, 1.54) is 27.0 Å². The topological polar surface area (TPSA) is 71.7 Å². The molecule has 0 fully saturated rings. The second-order valence-corrected chi connectivity index (χ2v) is 8.58. The van der Waals surface area contributed by atoms with Crippen LogP contribution in [-0.2, 0) is 5.41 Å². The summed E-state index contributed by atoms with van der Waals surface area (Å²) in [6, 6.07) is 8.29. The number of para-hydroxylation sites is 1. The summed E-state index contributed by atoms with van der Waals surface area (Å²) in [6.07, 6.45) is -5.91. The van der Waals surface area contributed by atoms with Crippen molar-refractivity contribution in [2.75, 3.05) is 7.11 Å². The second-order valence-electron chi connectivity index (χ2n) is 8.58. The molecule has 2 aromatic carbocycles. The highest BCUT2D eigenvalue weighted by molar-refractivity contribution is 5.96. The Balaban J connectivity index is 1.86. The van der Waals surface area contributed by atoms with Crippen LogP contribution in [-0.4, -0.2) is 29.9 Å². The number of methoxy groups -OCH3 is 1. The molecule has 0 aliphatic heterocycles. The van der Waals surface area contributed by atoms with Gasteiger partial charge in [0.05, 0.1) is 13.2 Å². The largest absolute Gasteiger partial charge is 0.493 e. The third-order valence-corrected chi connectivity index (χ3v) is 5.94. The number of hydrogen-bond donors (Lipinski definition) is 2. The van der Waals surface area contributed by atoms with Gasteiger partial charge in [0.1, 0.15) is 5.58 Å². The van der Waals surface area contributed by atoms with E-state index in [-0.39, 0.29) is 22.6 Å². The van der Waals surface area contributed by atoms with Crippen LogP contribution in [0.25, 0.3) is 11.0 Å². The van der Waals surface area contributed by atoms with E-state index >= 15 is 0 Å². The van der Waals surface area contributed by atoms with E-state index < -0.39 is 41.4 Å². The lowest BCUT2D eigenvalue weighted by molar-refractivity contribution is -0.280. The minimum absolute atomic E-state index is 0.0798. The maximum Gasteiger partial charge on any atom is 0.419 e. The van der Waals surface area contributed by atoms with Crippen molar-refractivity contribution in [3.05, 3.63) is 65.2 Å². The van der Waals surface area contributed by atoms with E-state index in [9.17, 15) is 27.5 Å². The Kier molecular flexibility index (Phi) is 5.00. The maximum absolute atomic E-state index is 14.4. The molecule has 170 valence electrons. The Morgan fingerprint density at radius 1 is 1.22 bits per heavy atom. The van der Waals surface area contributed by atoms with Crippen LogP contribution in [0.5, 0.6) is 5.75 Å². The zero-order valence-electron chi connectivity index (χ0n) is 17.5. The maximum atomic E-state index is 14.4. The standard InChI is InChI=1S/C23H21F4NO4/c1-21(2)11-22(30,23(25,26)27)19(13-8-9-14(24)18(31-3)17(13)21)28-20(29)16-10-12-6-4-5-7-15(12)32-16/h4-10,19,30H,11H2,1-3H3,(H,28,29)/t19-,22+/m0/s1. The Hall–Kier alpha value is -3.07. The molecule has 1 amide bonds. The number of hydrogen-bond acceptors (Lipinski definition) is 4. The Morgan fingerprint density at radius 2 is 1.91 bits per heavy atom. The Bertz CT molecular complexity index is 1170. The average molecular weight is 451 g/mol. The van der Waals surface area contributed by atoms with Crippen LogP contribution < -0.4 is 10.1 Å². The average Bonchev–Trinajstić information content (AvgIpc) is 3.14. The number of amides is 1. The van der Waals surface area contributed by atoms with Gasteiger partial charge < -0.3 is 19.6 Å². The quantitative estimate of drug-likeness (QED) is 0.549. The minimum Gasteiger partial charge on any atom is -0.493 e. The highest BCUT2D eigenvalue weighted by atomic mass is 19.4. The molecule has 1 heterocycles. The summed E-state index contributed by atoms with van der Waals surface area (Å²) in [6.45, 7) is 2.92. The molecule has 0 saturated carbocycles. The fourth-order valence-corrected chi connectivity index (χ4v) is 4.59. The normalized spacial score (nSPS) is 22.4. The number of fused-ring (bicyclic) bond motifs is 2. The van der Waals surface area contributed by atoms with E-state index in [2.05, 4.69) is 5.32 Å². The molecule has 2 atom stereocenters. The first-order valence-corrected chi connectivity index (χ1v) is 9.84. The zero-order valence-corrected chi connectivity index (χ0v) is 17.5. The van der Waals surface area contributed by atoms with Crippen molar-refractivity contribution in [2.45, 2.75) is 43.5 Å². The summed E-state index contributed by atoms with van der Waals surface area (Å²) < 4.78 is 67.5. The molecule has 1 aliphatic carbocycles. The van der Waals surface area contributed by atoms with Crippen molar-refractivity contribution in [1.82, 2.24) is 5.32 Å². The third kappa shape index (κ3) is 3.31. The number of benzene rings is 2. The second kappa shape index (κ2) is 7.23. The van der Waals surface area contributed by atoms with Crippen LogP contribution in [0.2, 0.25) is 0 Å². The van der Waals surface area contributed by atoms with Crippen LogP contribution >= 0.6 is 0 Å². The van der Waals surface area contributed by atoms with E-state index in [4.69, 9.17) is 9.15 Å². The van der Waals surface area contributed by atoms with Gasteiger partial charge in [-0.15, -0.1) is 0 Å². The van der Waals surface area contributed by atoms with Gasteiger partial charge in [0.25, 0.3) is 5.91 Å². The monoisotopic (exact) mass is 451 g/mol. The minimum atomic E-state index is -5.09. The first-order chi connectivity index (χ1) is 14.9. The van der Waals surface area contributed by atoms with Crippen molar-refractivity contribution >= 4 is 16.9 Å². The van der Waals surface area contributed by atoms with Crippen molar-refractivity contribution in [2.24, 2.45) is 0 Å². The van der Waals surface area contributed by atoms with Crippen LogP contribution in [0.4, 0.5) is 17.6 Å². The van der Waals surface area contributed by atoms with Gasteiger partial charge in [0.2, 0.25) is 0 Å². The Morgan fingerprint density at radius 3 is 2.53 bits per heavy atom. The molecular formula is C23H21F4NO4. The van der Waals surface area contributed by atoms with E-state index in [1.807, 2.05) is 0 Å². The van der Waals surface area contributed by atoms with Gasteiger partial charge in [-0.25, -0.2) is 4.39 Å². The molecule has 2 N–H and O–H groups in total. The summed E-state index contributed by atoms with van der Waals surface area (Å²) in [5.41, 5.74) is -4.16. The number of nitrogens with one attached hydrogen (secondary N) is 1. The Labute approximate surface area is 181 Å². The number of aliphatic hydroxyl groups is 1. The highest BCUT2D eigenvalue weighted by Gasteiger charge is 2.64. The number of furan rings is 1. The predicted octanol–water partition coefficient (Wildman–Crippen LogP) is 5.03. The summed E-state index contributed by atoms with van der Waals surface area (Å²) >= 11 is 0. The molecule has 0 spiro atoms. The van der Waals surface area contributed by atoms with Crippen LogP contribution in [0.15, 0.2) is 46.9 Å². The zero-order chi connectivity index (χ0) is 23.5. The van der Waals surface area contributed by atoms with E-state index in [1.54, 1.807) is 24.3 Å². The number of rotatable bonds is 3. The van der Waals surface area contributed by atoms with Gasteiger partial charge >= 0.3 is 6.18 Å². The summed E-state index contributed by atoms with van der Waals surface area (Å²) in [4.78, 5) is 12.9. The van der Waals surface area contributed by atoms with Gasteiger partial charge in [0, 0.05) is 10.9 Å². The van der Waals surface area contributed by atoms with Gasteiger partial charge in [-0.2, -0.15) is 13.2 Å². The summed E-state index contributed by atoms with van der Waals surface area (Å²) in [5.74, 6) is -2.13. The van der Waals surface area contributed by atoms with E-state index in [0.29, 0.717) is 11.0 Å². The predicted molar refractivity (Wildman–Crippen MR) is 108 cm³/mol. The first kappa shape index (κ1) is 22.1. The number of halogens is 4. The van der Waals surface area contributed by atoms with Gasteiger partial charge in [0.15, 0.2) is 22.9 Å². The van der Waals surface area contributed by atoms with Crippen molar-refractivity contribution in [1.29, 1.82) is 0 Å². The smallest absolute Gasteiger partial charge is 0.419 e. The first-order valence-electron chi connectivity index (χ1n) is 9.84. The molecule has 32 heavy (non-hydrogen) atoms. The van der Waals surface area contributed by atoms with E-state index in [0.717, 1.165) is 12.1 Å². The molecule has 0 radical (unpaired) electrons. The lowest BCUT2D eigenvalue weighted by Crippen LogP contribution is -2.60. The molecule has 1 aromatic heterocycles. The summed E-state index contributed by atoms with van der Waals surface area (Å²) in [5, 5.41) is 13.8. The molecule has 5 nitrogen and oxygen atoms in total. The lowest BCUT2D eigenvalue weighted by atomic mass is 9.63. The van der Waals surface area contributed by atoms with Crippen LogP contribution in [0, 0.1) is 5.82 Å². The number of ether oxygens (including phenoxy) is 1. The van der Waals surface area contributed by atoms with Gasteiger partial charge in [-0.1, -0.05) is 38.1 Å². The lowest BCUT2D eigenvalue weighted by Gasteiger charge is -2.48. The van der Waals surface area contributed by atoms with Crippen molar-refractivity contribution in [3.63, 3.8) is 0 Å². The fourth-order valence-electron chi connectivity index (χ4n) is 4.59. The molecule has 1 aliphatic rings. The third-order valence-electron chi connectivity index (χ3n) is 5.94.